The first-order chi connectivity index (χ1) is 5.38. The number of aliphatic hydroxyl groups is 1. The Morgan fingerprint density at radius 2 is 2.45 bits per heavy atom. The zero-order valence-corrected chi connectivity index (χ0v) is 6.27. The summed E-state index contributed by atoms with van der Waals surface area (Å²) in [7, 11) is 0. The number of hydrogen-bond donors (Lipinski definition) is 2. The van der Waals surface area contributed by atoms with Gasteiger partial charge in [0.1, 0.15) is 0 Å². The topological polar surface area (TPSA) is 77.0 Å². The Balaban J connectivity index is 2.54. The van der Waals surface area contributed by atoms with Crippen LogP contribution >= 0.6 is 0 Å². The van der Waals surface area contributed by atoms with Crippen LogP contribution < -0.4 is 5.73 Å². The van der Waals surface area contributed by atoms with Gasteiger partial charge in [-0.2, -0.15) is 0 Å². The Morgan fingerprint density at radius 3 is 3.09 bits per heavy atom. The van der Waals surface area contributed by atoms with Crippen LogP contribution in [0.25, 0.3) is 0 Å². The number of nitrogens with two attached hydrogens (primary N) is 1. The van der Waals surface area contributed by atoms with Gasteiger partial charge in [-0.1, -0.05) is 5.21 Å². The summed E-state index contributed by atoms with van der Waals surface area (Å²) in [5, 5.41) is 16.2. The molecule has 62 valence electrons. The summed E-state index contributed by atoms with van der Waals surface area (Å²) in [4.78, 5) is 0. The van der Waals surface area contributed by atoms with E-state index in [1.165, 1.54) is 0 Å². The normalized spacial score (nSPS) is 10.4. The van der Waals surface area contributed by atoms with Crippen LogP contribution in [0.15, 0.2) is 6.20 Å². The van der Waals surface area contributed by atoms with Crippen molar-refractivity contribution in [2.24, 2.45) is 5.73 Å². The smallest absolute Gasteiger partial charge is 0.0866 e. The average Bonchev–Trinajstić information content (AvgIpc) is 2.47. The number of hydrogen-bond acceptors (Lipinski definition) is 4. The third kappa shape index (κ3) is 1.99. The van der Waals surface area contributed by atoms with Crippen molar-refractivity contribution in [2.45, 2.75) is 19.6 Å². The lowest BCUT2D eigenvalue weighted by Crippen LogP contribution is -2.09. The number of aryl methyl sites for hydroxylation is 1. The first-order valence-electron chi connectivity index (χ1n) is 3.56. The highest BCUT2D eigenvalue weighted by Gasteiger charge is 1.99. The molecule has 11 heavy (non-hydrogen) atoms. The first-order valence-corrected chi connectivity index (χ1v) is 3.56. The summed E-state index contributed by atoms with van der Waals surface area (Å²) in [6.07, 6.45) is 2.41. The summed E-state index contributed by atoms with van der Waals surface area (Å²) in [6, 6.07) is 0. The van der Waals surface area contributed by atoms with Crippen LogP contribution in [0.5, 0.6) is 0 Å². The molecule has 5 heteroatoms. The second-order valence-electron chi connectivity index (χ2n) is 2.25. The van der Waals surface area contributed by atoms with Crippen LogP contribution in [0.2, 0.25) is 0 Å². The average molecular weight is 156 g/mol. The van der Waals surface area contributed by atoms with Gasteiger partial charge in [0.05, 0.1) is 18.5 Å². The molecular formula is C6H12N4O. The molecule has 0 fully saturated rings. The van der Waals surface area contributed by atoms with Gasteiger partial charge in [0.15, 0.2) is 0 Å². The molecule has 0 bridgehead atoms. The van der Waals surface area contributed by atoms with E-state index < -0.39 is 0 Å². The number of aliphatic hydroxyl groups excluding tert-OH is 1. The molecule has 0 atom stereocenters. The molecule has 0 saturated heterocycles. The van der Waals surface area contributed by atoms with Gasteiger partial charge in [0.2, 0.25) is 0 Å². The summed E-state index contributed by atoms with van der Waals surface area (Å²) in [5.41, 5.74) is 6.05. The standard InChI is InChI=1S/C6H12N4O/c7-2-1-3-10-6(5-11)4-8-9-10/h4,11H,1-3,5,7H2. The second kappa shape index (κ2) is 4.05. The quantitative estimate of drug-likeness (QED) is 0.593. The largest absolute Gasteiger partial charge is 0.390 e. The maximum absolute atomic E-state index is 8.77. The first kappa shape index (κ1) is 8.16. The highest BCUT2D eigenvalue weighted by molar-refractivity contribution is 4.90. The Hall–Kier alpha value is -0.940. The van der Waals surface area contributed by atoms with E-state index >= 15 is 0 Å². The van der Waals surface area contributed by atoms with E-state index in [4.69, 9.17) is 10.8 Å². The lowest BCUT2D eigenvalue weighted by Gasteiger charge is -2.00. The van der Waals surface area contributed by atoms with Gasteiger partial charge in [-0.3, -0.25) is 0 Å². The molecule has 0 radical (unpaired) electrons. The molecule has 0 aromatic carbocycles. The van der Waals surface area contributed by atoms with Crippen LogP contribution in [0, 0.1) is 0 Å². The minimum atomic E-state index is -0.0163. The Bertz CT molecular complexity index is 210. The van der Waals surface area contributed by atoms with Crippen molar-refractivity contribution >= 4 is 0 Å². The Kier molecular flexibility index (Phi) is 3.00. The maximum atomic E-state index is 8.77. The van der Waals surface area contributed by atoms with Crippen LogP contribution in [0.1, 0.15) is 12.1 Å². The fraction of sp³-hybridized carbons (Fsp3) is 0.667. The SMILES string of the molecule is NCCCn1nncc1CO. The predicted octanol–water partition coefficient (Wildman–Crippen LogP) is -0.881. The molecule has 1 aromatic rings. The van der Waals surface area contributed by atoms with E-state index in [1.54, 1.807) is 10.9 Å². The zero-order chi connectivity index (χ0) is 8.10. The highest BCUT2D eigenvalue weighted by Crippen LogP contribution is 1.96. The fourth-order valence-electron chi connectivity index (χ4n) is 0.831. The third-order valence-corrected chi connectivity index (χ3v) is 1.43. The van der Waals surface area contributed by atoms with Crippen LogP contribution in [-0.4, -0.2) is 26.6 Å². The molecular weight excluding hydrogens is 144 g/mol. The number of nitrogens with zero attached hydrogens (tertiary/aromatic N) is 3. The van der Waals surface area contributed by atoms with Crippen molar-refractivity contribution in [3.8, 4) is 0 Å². The van der Waals surface area contributed by atoms with E-state index in [2.05, 4.69) is 10.3 Å². The van der Waals surface area contributed by atoms with Gasteiger partial charge >= 0.3 is 0 Å². The molecule has 0 amide bonds. The van der Waals surface area contributed by atoms with E-state index in [1.807, 2.05) is 0 Å². The summed E-state index contributed by atoms with van der Waals surface area (Å²) >= 11 is 0. The lowest BCUT2D eigenvalue weighted by atomic mass is 10.4. The Labute approximate surface area is 64.8 Å². The van der Waals surface area contributed by atoms with Crippen LogP contribution in [0.4, 0.5) is 0 Å². The van der Waals surface area contributed by atoms with Crippen molar-refractivity contribution < 1.29 is 5.11 Å². The van der Waals surface area contributed by atoms with Crippen molar-refractivity contribution in [3.63, 3.8) is 0 Å². The minimum Gasteiger partial charge on any atom is -0.390 e. The molecule has 1 aromatic heterocycles. The minimum absolute atomic E-state index is 0.0163. The molecule has 0 spiro atoms. The third-order valence-electron chi connectivity index (χ3n) is 1.43. The van der Waals surface area contributed by atoms with E-state index in [-0.39, 0.29) is 6.61 Å². The summed E-state index contributed by atoms with van der Waals surface area (Å²) in [5.74, 6) is 0. The fourth-order valence-corrected chi connectivity index (χ4v) is 0.831. The van der Waals surface area contributed by atoms with Gasteiger partial charge < -0.3 is 10.8 Å². The van der Waals surface area contributed by atoms with Crippen molar-refractivity contribution in [1.29, 1.82) is 0 Å². The molecule has 3 N–H and O–H groups in total. The molecule has 1 rings (SSSR count). The zero-order valence-electron chi connectivity index (χ0n) is 6.27. The molecule has 1 heterocycles. The van der Waals surface area contributed by atoms with Gasteiger partial charge in [-0.25, -0.2) is 4.68 Å². The van der Waals surface area contributed by atoms with Crippen molar-refractivity contribution in [1.82, 2.24) is 15.0 Å². The molecule has 0 saturated carbocycles. The van der Waals surface area contributed by atoms with Gasteiger partial charge in [0, 0.05) is 6.54 Å². The predicted molar refractivity (Wildman–Crippen MR) is 39.6 cm³/mol. The molecule has 5 nitrogen and oxygen atoms in total. The van der Waals surface area contributed by atoms with Crippen LogP contribution in [0.3, 0.4) is 0 Å². The maximum Gasteiger partial charge on any atom is 0.0866 e. The summed E-state index contributed by atoms with van der Waals surface area (Å²) in [6.45, 7) is 1.34. The van der Waals surface area contributed by atoms with E-state index in [0.29, 0.717) is 6.54 Å². The highest BCUT2D eigenvalue weighted by atomic mass is 16.3. The molecule has 0 unspecified atom stereocenters. The van der Waals surface area contributed by atoms with Gasteiger partial charge in [-0.05, 0) is 13.0 Å². The molecule has 0 aliphatic carbocycles. The Morgan fingerprint density at radius 1 is 1.64 bits per heavy atom. The summed E-state index contributed by atoms with van der Waals surface area (Å²) < 4.78 is 1.66. The van der Waals surface area contributed by atoms with Gasteiger partial charge in [0.25, 0.3) is 0 Å². The second-order valence-corrected chi connectivity index (χ2v) is 2.25. The number of rotatable bonds is 4. The van der Waals surface area contributed by atoms with E-state index in [9.17, 15) is 0 Å². The monoisotopic (exact) mass is 156 g/mol. The lowest BCUT2D eigenvalue weighted by molar-refractivity contribution is 0.267. The van der Waals surface area contributed by atoms with Crippen molar-refractivity contribution in [2.75, 3.05) is 6.54 Å². The van der Waals surface area contributed by atoms with Crippen molar-refractivity contribution in [3.05, 3.63) is 11.9 Å². The molecule has 0 aliphatic rings. The van der Waals surface area contributed by atoms with Crippen LogP contribution in [-0.2, 0) is 13.2 Å². The van der Waals surface area contributed by atoms with E-state index in [0.717, 1.165) is 18.7 Å². The van der Waals surface area contributed by atoms with Gasteiger partial charge in [-0.15, -0.1) is 5.10 Å². The molecule has 0 aliphatic heterocycles. The number of aromatic nitrogens is 3.